The third-order valence-corrected chi connectivity index (χ3v) is 6.47. The summed E-state index contributed by atoms with van der Waals surface area (Å²) in [6.07, 6.45) is 2.92. The lowest BCUT2D eigenvalue weighted by atomic mass is 9.98. The van der Waals surface area contributed by atoms with Crippen molar-refractivity contribution in [1.29, 1.82) is 0 Å². The predicted molar refractivity (Wildman–Crippen MR) is 131 cm³/mol. The minimum atomic E-state index is 0.0575. The number of nitrogens with zero attached hydrogens (tertiary/aromatic N) is 2. The highest BCUT2D eigenvalue weighted by Gasteiger charge is 2.30. The molecule has 4 nitrogen and oxygen atoms in total. The van der Waals surface area contributed by atoms with Crippen LogP contribution in [0.1, 0.15) is 53.2 Å². The Hall–Kier alpha value is -3.66. The molecule has 1 unspecified atom stereocenters. The number of hydrogen-bond acceptors (Lipinski definition) is 3. The van der Waals surface area contributed by atoms with Gasteiger partial charge in [-0.05, 0) is 65.4 Å². The predicted octanol–water partition coefficient (Wildman–Crippen LogP) is 6.52. The zero-order valence-corrected chi connectivity index (χ0v) is 18.5. The minimum Gasteiger partial charge on any atom is -0.380 e. The molecule has 4 aromatic rings. The van der Waals surface area contributed by atoms with Gasteiger partial charge in [-0.15, -0.1) is 0 Å². The number of hydrogen-bond donors (Lipinski definition) is 1. The smallest absolute Gasteiger partial charge is 0.261 e. The van der Waals surface area contributed by atoms with E-state index in [2.05, 4.69) is 66.6 Å². The number of carbonyl (C=O) groups is 1. The van der Waals surface area contributed by atoms with Crippen molar-refractivity contribution in [1.82, 2.24) is 4.98 Å². The maximum absolute atomic E-state index is 13.4. The molecule has 32 heavy (non-hydrogen) atoms. The van der Waals surface area contributed by atoms with Crippen molar-refractivity contribution in [3.8, 4) is 0 Å². The van der Waals surface area contributed by atoms with Crippen molar-refractivity contribution in [2.45, 2.75) is 39.3 Å². The molecule has 0 radical (unpaired) electrons. The van der Waals surface area contributed by atoms with Crippen molar-refractivity contribution >= 4 is 28.2 Å². The summed E-state index contributed by atoms with van der Waals surface area (Å²) in [6, 6.07) is 24.8. The average Bonchev–Trinajstić information content (AvgIpc) is 3.19. The van der Waals surface area contributed by atoms with E-state index in [9.17, 15) is 4.79 Å². The quantitative estimate of drug-likeness (QED) is 0.385. The summed E-state index contributed by atoms with van der Waals surface area (Å²) in [5, 5.41) is 4.61. The lowest BCUT2D eigenvalue weighted by Gasteiger charge is -2.17. The monoisotopic (exact) mass is 421 g/mol. The van der Waals surface area contributed by atoms with Crippen LogP contribution in [0.4, 0.5) is 11.4 Å². The summed E-state index contributed by atoms with van der Waals surface area (Å²) in [5.74, 6) is 0.583. The number of fused-ring (bicyclic) bond motifs is 2. The van der Waals surface area contributed by atoms with Gasteiger partial charge in [-0.1, -0.05) is 50.2 Å². The Morgan fingerprint density at radius 3 is 2.69 bits per heavy atom. The summed E-state index contributed by atoms with van der Waals surface area (Å²) in [7, 11) is 0. The lowest BCUT2D eigenvalue weighted by Crippen LogP contribution is -2.23. The maximum atomic E-state index is 13.4. The van der Waals surface area contributed by atoms with Crippen LogP contribution in [-0.2, 0) is 13.1 Å². The molecular formula is C28H27N3O. The first kappa shape index (κ1) is 20.3. The van der Waals surface area contributed by atoms with Crippen molar-refractivity contribution in [2.75, 3.05) is 10.2 Å². The van der Waals surface area contributed by atoms with Crippen LogP contribution in [0, 0.1) is 0 Å². The van der Waals surface area contributed by atoms with E-state index in [1.54, 1.807) is 0 Å². The van der Waals surface area contributed by atoms with Crippen LogP contribution >= 0.6 is 0 Å². The van der Waals surface area contributed by atoms with E-state index in [1.807, 2.05) is 41.4 Å². The molecule has 1 amide bonds. The van der Waals surface area contributed by atoms with E-state index in [1.165, 1.54) is 5.56 Å². The third-order valence-electron chi connectivity index (χ3n) is 6.47. The third kappa shape index (κ3) is 3.73. The highest BCUT2D eigenvalue weighted by molar-refractivity contribution is 6.13. The normalized spacial score (nSPS) is 13.9. The zero-order chi connectivity index (χ0) is 22.1. The van der Waals surface area contributed by atoms with E-state index in [0.29, 0.717) is 19.0 Å². The Morgan fingerprint density at radius 2 is 1.88 bits per heavy atom. The number of benzene rings is 3. The molecule has 0 spiro atoms. The van der Waals surface area contributed by atoms with Crippen LogP contribution in [0.5, 0.6) is 0 Å². The number of carbonyl (C=O) groups excluding carboxylic acids is 1. The summed E-state index contributed by atoms with van der Waals surface area (Å²) in [6.45, 7) is 5.69. The van der Waals surface area contributed by atoms with Crippen molar-refractivity contribution in [3.05, 3.63) is 101 Å². The summed E-state index contributed by atoms with van der Waals surface area (Å²) in [5.41, 5.74) is 7.14. The van der Waals surface area contributed by atoms with Gasteiger partial charge in [0.15, 0.2) is 0 Å². The Kier molecular flexibility index (Phi) is 5.36. The molecule has 4 heteroatoms. The fourth-order valence-electron chi connectivity index (χ4n) is 4.37. The van der Waals surface area contributed by atoms with Crippen LogP contribution in [0.3, 0.4) is 0 Å². The number of nitrogens with one attached hydrogen (secondary N) is 1. The molecule has 160 valence electrons. The van der Waals surface area contributed by atoms with E-state index >= 15 is 0 Å². The van der Waals surface area contributed by atoms with Gasteiger partial charge in [0, 0.05) is 29.5 Å². The SMILES string of the molecule is CCC(C)c1ccc(N2Cc3cccc(NCc4ccc5ncccc5c4)c3C2=O)cc1. The van der Waals surface area contributed by atoms with Gasteiger partial charge in [0.1, 0.15) is 0 Å². The van der Waals surface area contributed by atoms with Gasteiger partial charge in [0.25, 0.3) is 5.91 Å². The fraction of sp³-hybridized carbons (Fsp3) is 0.214. The molecule has 0 fully saturated rings. The number of rotatable bonds is 6. The lowest BCUT2D eigenvalue weighted by molar-refractivity contribution is 0.0997. The van der Waals surface area contributed by atoms with Gasteiger partial charge < -0.3 is 10.2 Å². The molecule has 0 saturated carbocycles. The fourth-order valence-corrected chi connectivity index (χ4v) is 4.37. The van der Waals surface area contributed by atoms with Crippen LogP contribution < -0.4 is 10.2 Å². The summed E-state index contributed by atoms with van der Waals surface area (Å²) >= 11 is 0. The number of anilines is 2. The molecule has 5 rings (SSSR count). The molecule has 1 atom stereocenters. The van der Waals surface area contributed by atoms with E-state index in [-0.39, 0.29) is 5.91 Å². The first-order chi connectivity index (χ1) is 15.6. The molecule has 1 aliphatic rings. The molecule has 1 aromatic heterocycles. The van der Waals surface area contributed by atoms with Gasteiger partial charge in [0.2, 0.25) is 0 Å². The molecule has 3 aromatic carbocycles. The molecular weight excluding hydrogens is 394 g/mol. The van der Waals surface area contributed by atoms with Gasteiger partial charge in [0.05, 0.1) is 17.6 Å². The highest BCUT2D eigenvalue weighted by atomic mass is 16.2. The number of amides is 1. The first-order valence-corrected chi connectivity index (χ1v) is 11.3. The standard InChI is InChI=1S/C28H27N3O/c1-3-19(2)21-10-12-24(13-11-21)31-18-23-6-4-8-26(27(23)28(31)32)30-17-20-9-14-25-22(16-20)7-5-15-29-25/h4-16,19,30H,3,17-18H2,1-2H3. The van der Waals surface area contributed by atoms with E-state index in [4.69, 9.17) is 0 Å². The second-order valence-corrected chi connectivity index (χ2v) is 8.52. The molecule has 1 aliphatic heterocycles. The maximum Gasteiger partial charge on any atom is 0.261 e. The second-order valence-electron chi connectivity index (χ2n) is 8.52. The minimum absolute atomic E-state index is 0.0575. The number of aromatic nitrogens is 1. The zero-order valence-electron chi connectivity index (χ0n) is 18.5. The van der Waals surface area contributed by atoms with Gasteiger partial charge in [-0.3, -0.25) is 9.78 Å². The number of pyridine rings is 1. The summed E-state index contributed by atoms with van der Waals surface area (Å²) < 4.78 is 0. The van der Waals surface area contributed by atoms with Crippen molar-refractivity contribution in [3.63, 3.8) is 0 Å². The van der Waals surface area contributed by atoms with Crippen LogP contribution in [0.15, 0.2) is 79.0 Å². The molecule has 0 bridgehead atoms. The van der Waals surface area contributed by atoms with Crippen molar-refractivity contribution < 1.29 is 4.79 Å². The van der Waals surface area contributed by atoms with Gasteiger partial charge >= 0.3 is 0 Å². The average molecular weight is 422 g/mol. The topological polar surface area (TPSA) is 45.2 Å². The Balaban J connectivity index is 1.36. The molecule has 1 N–H and O–H groups in total. The second kappa shape index (κ2) is 8.46. The molecule has 2 heterocycles. The Morgan fingerprint density at radius 1 is 1.03 bits per heavy atom. The first-order valence-electron chi connectivity index (χ1n) is 11.3. The Labute approximate surface area is 188 Å². The Bertz CT molecular complexity index is 1280. The largest absolute Gasteiger partial charge is 0.380 e. The van der Waals surface area contributed by atoms with Crippen LogP contribution in [0.25, 0.3) is 10.9 Å². The van der Waals surface area contributed by atoms with Crippen molar-refractivity contribution in [2.24, 2.45) is 0 Å². The molecule has 0 saturated heterocycles. The van der Waals surface area contributed by atoms with E-state index in [0.717, 1.165) is 45.4 Å². The van der Waals surface area contributed by atoms with Gasteiger partial charge in [-0.25, -0.2) is 0 Å². The van der Waals surface area contributed by atoms with Gasteiger partial charge in [-0.2, -0.15) is 0 Å². The molecule has 0 aliphatic carbocycles. The van der Waals surface area contributed by atoms with Crippen LogP contribution in [0.2, 0.25) is 0 Å². The highest BCUT2D eigenvalue weighted by Crippen LogP contribution is 2.34. The van der Waals surface area contributed by atoms with Crippen LogP contribution in [-0.4, -0.2) is 10.9 Å². The summed E-state index contributed by atoms with van der Waals surface area (Å²) in [4.78, 5) is 19.6. The van der Waals surface area contributed by atoms with E-state index < -0.39 is 0 Å².